The van der Waals surface area contributed by atoms with E-state index in [1.165, 1.54) is 44.9 Å². The largest absolute Gasteiger partial charge is 0.383 e. The van der Waals surface area contributed by atoms with Crippen LogP contribution in [0.3, 0.4) is 0 Å². The third-order valence-electron chi connectivity index (χ3n) is 3.31. The van der Waals surface area contributed by atoms with Gasteiger partial charge in [0.1, 0.15) is 10.8 Å². The summed E-state index contributed by atoms with van der Waals surface area (Å²) in [7, 11) is 0. The Hall–Kier alpha value is -0.700. The van der Waals surface area contributed by atoms with Crippen molar-refractivity contribution in [2.45, 2.75) is 71.8 Å². The lowest BCUT2D eigenvalue weighted by Crippen LogP contribution is -2.04. The van der Waals surface area contributed by atoms with Gasteiger partial charge in [0.2, 0.25) is 0 Å². The number of nitrogen functional groups attached to an aromatic ring is 1. The molecule has 0 unspecified atom stereocenters. The molecule has 0 bridgehead atoms. The number of hydrogen-bond donors (Lipinski definition) is 1. The molecule has 0 aromatic carbocycles. The van der Waals surface area contributed by atoms with Gasteiger partial charge in [0.15, 0.2) is 0 Å². The van der Waals surface area contributed by atoms with Crippen LogP contribution in [0.1, 0.15) is 64.0 Å². The van der Waals surface area contributed by atoms with Crippen LogP contribution in [0.2, 0.25) is 5.02 Å². The van der Waals surface area contributed by atoms with Crippen LogP contribution in [0.4, 0.5) is 5.82 Å². The lowest BCUT2D eigenvalue weighted by atomic mass is 10.1. The molecule has 3 nitrogen and oxygen atoms in total. The van der Waals surface area contributed by atoms with E-state index in [0.717, 1.165) is 18.7 Å². The van der Waals surface area contributed by atoms with Crippen LogP contribution in [-0.2, 0) is 6.54 Å². The van der Waals surface area contributed by atoms with Gasteiger partial charge in [0.25, 0.3) is 0 Å². The molecule has 0 aliphatic rings. The molecule has 0 radical (unpaired) electrons. The van der Waals surface area contributed by atoms with Gasteiger partial charge < -0.3 is 5.73 Å². The standard InChI is InChI=1S/C14H26ClN3/c1-3-4-5-6-7-8-9-10-11-18-14(16)13(15)12(2)17-18/h3-11,16H2,1-2H3. The predicted molar refractivity (Wildman–Crippen MR) is 79.0 cm³/mol. The first-order valence-electron chi connectivity index (χ1n) is 7.15. The van der Waals surface area contributed by atoms with Crippen LogP contribution in [0.25, 0.3) is 0 Å². The van der Waals surface area contributed by atoms with Crippen molar-refractivity contribution in [1.82, 2.24) is 9.78 Å². The van der Waals surface area contributed by atoms with E-state index >= 15 is 0 Å². The quantitative estimate of drug-likeness (QED) is 0.669. The third-order valence-corrected chi connectivity index (χ3v) is 3.78. The van der Waals surface area contributed by atoms with Crippen molar-refractivity contribution in [3.63, 3.8) is 0 Å². The minimum absolute atomic E-state index is 0.606. The zero-order valence-electron chi connectivity index (χ0n) is 11.7. The zero-order chi connectivity index (χ0) is 13.4. The predicted octanol–water partition coefficient (Wildman–Crippen LogP) is 4.57. The second-order valence-electron chi connectivity index (χ2n) is 4.98. The minimum Gasteiger partial charge on any atom is -0.383 e. The third kappa shape index (κ3) is 4.89. The van der Waals surface area contributed by atoms with Crippen molar-refractivity contribution in [3.05, 3.63) is 10.7 Å². The molecule has 1 aromatic rings. The maximum absolute atomic E-state index is 6.00. The Morgan fingerprint density at radius 2 is 1.61 bits per heavy atom. The molecule has 104 valence electrons. The molecule has 2 N–H and O–H groups in total. The maximum Gasteiger partial charge on any atom is 0.140 e. The highest BCUT2D eigenvalue weighted by atomic mass is 35.5. The molecule has 18 heavy (non-hydrogen) atoms. The summed E-state index contributed by atoms with van der Waals surface area (Å²) in [6, 6.07) is 0. The first-order valence-corrected chi connectivity index (χ1v) is 7.53. The summed E-state index contributed by atoms with van der Waals surface area (Å²) in [6.45, 7) is 5.03. The number of rotatable bonds is 9. The van der Waals surface area contributed by atoms with E-state index < -0.39 is 0 Å². The molecule has 0 atom stereocenters. The van der Waals surface area contributed by atoms with E-state index in [0.29, 0.717) is 10.8 Å². The molecule has 0 saturated heterocycles. The molecule has 1 aromatic heterocycles. The highest BCUT2D eigenvalue weighted by Crippen LogP contribution is 2.22. The normalized spacial score (nSPS) is 11.1. The van der Waals surface area contributed by atoms with Crippen molar-refractivity contribution in [3.8, 4) is 0 Å². The molecule has 0 saturated carbocycles. The summed E-state index contributed by atoms with van der Waals surface area (Å²) in [5.74, 6) is 0.608. The molecular weight excluding hydrogens is 246 g/mol. The first-order chi connectivity index (χ1) is 8.66. The van der Waals surface area contributed by atoms with E-state index in [-0.39, 0.29) is 0 Å². The number of aryl methyl sites for hydroxylation is 2. The van der Waals surface area contributed by atoms with Crippen molar-refractivity contribution in [1.29, 1.82) is 0 Å². The van der Waals surface area contributed by atoms with Gasteiger partial charge in [-0.1, -0.05) is 63.5 Å². The number of nitrogens with two attached hydrogens (primary N) is 1. The molecule has 0 aliphatic heterocycles. The lowest BCUT2D eigenvalue weighted by Gasteiger charge is -2.04. The van der Waals surface area contributed by atoms with Gasteiger partial charge in [-0.05, 0) is 13.3 Å². The number of anilines is 1. The second-order valence-corrected chi connectivity index (χ2v) is 5.36. The van der Waals surface area contributed by atoms with Gasteiger partial charge in [0, 0.05) is 6.54 Å². The summed E-state index contributed by atoms with van der Waals surface area (Å²) in [5, 5.41) is 4.93. The Morgan fingerprint density at radius 1 is 1.06 bits per heavy atom. The maximum atomic E-state index is 6.00. The molecule has 0 amide bonds. The zero-order valence-corrected chi connectivity index (χ0v) is 12.5. The summed E-state index contributed by atoms with van der Waals surface area (Å²) in [6.07, 6.45) is 10.5. The van der Waals surface area contributed by atoms with Crippen LogP contribution >= 0.6 is 11.6 Å². The molecule has 1 rings (SSSR count). The average molecular weight is 272 g/mol. The van der Waals surface area contributed by atoms with E-state index in [1.54, 1.807) is 0 Å². The minimum atomic E-state index is 0.606. The van der Waals surface area contributed by atoms with Gasteiger partial charge in [0.05, 0.1) is 5.69 Å². The highest BCUT2D eigenvalue weighted by Gasteiger charge is 2.08. The van der Waals surface area contributed by atoms with Crippen molar-refractivity contribution < 1.29 is 0 Å². The molecule has 0 spiro atoms. The van der Waals surface area contributed by atoms with Crippen LogP contribution in [0, 0.1) is 6.92 Å². The lowest BCUT2D eigenvalue weighted by molar-refractivity contribution is 0.522. The number of hydrogen-bond acceptors (Lipinski definition) is 2. The van der Waals surface area contributed by atoms with Gasteiger partial charge in [-0.2, -0.15) is 5.10 Å². The van der Waals surface area contributed by atoms with Crippen LogP contribution in [0.15, 0.2) is 0 Å². The Kier molecular flexibility index (Phi) is 7.18. The van der Waals surface area contributed by atoms with Gasteiger partial charge in [-0.15, -0.1) is 0 Å². The Labute approximate surface area is 116 Å². The molecule has 4 heteroatoms. The Bertz CT molecular complexity index is 347. The number of nitrogens with zero attached hydrogens (tertiary/aromatic N) is 2. The number of aromatic nitrogens is 2. The summed E-state index contributed by atoms with van der Waals surface area (Å²) in [5.41, 5.74) is 6.70. The fourth-order valence-corrected chi connectivity index (χ4v) is 2.28. The SMILES string of the molecule is CCCCCCCCCCn1nc(C)c(Cl)c1N. The number of halogens is 1. The smallest absolute Gasteiger partial charge is 0.140 e. The van der Waals surface area contributed by atoms with Gasteiger partial charge >= 0.3 is 0 Å². The fraction of sp³-hybridized carbons (Fsp3) is 0.786. The van der Waals surface area contributed by atoms with Crippen LogP contribution in [-0.4, -0.2) is 9.78 Å². The van der Waals surface area contributed by atoms with Gasteiger partial charge in [-0.3, -0.25) is 0 Å². The summed E-state index contributed by atoms with van der Waals surface area (Å²) in [4.78, 5) is 0. The average Bonchev–Trinajstić information content (AvgIpc) is 2.60. The highest BCUT2D eigenvalue weighted by molar-refractivity contribution is 6.33. The van der Waals surface area contributed by atoms with E-state index in [9.17, 15) is 0 Å². The van der Waals surface area contributed by atoms with Crippen molar-refractivity contribution in [2.24, 2.45) is 0 Å². The first kappa shape index (κ1) is 15.4. The molecule has 0 fully saturated rings. The second kappa shape index (κ2) is 8.41. The van der Waals surface area contributed by atoms with Crippen LogP contribution < -0.4 is 5.73 Å². The van der Waals surface area contributed by atoms with Crippen molar-refractivity contribution in [2.75, 3.05) is 5.73 Å². The van der Waals surface area contributed by atoms with Crippen LogP contribution in [0.5, 0.6) is 0 Å². The van der Waals surface area contributed by atoms with E-state index in [1.807, 2.05) is 11.6 Å². The van der Waals surface area contributed by atoms with Gasteiger partial charge in [-0.25, -0.2) is 4.68 Å². The monoisotopic (exact) mass is 271 g/mol. The molecule has 0 aliphatic carbocycles. The molecular formula is C14H26ClN3. The fourth-order valence-electron chi connectivity index (χ4n) is 2.14. The topological polar surface area (TPSA) is 43.8 Å². The Morgan fingerprint density at radius 3 is 2.11 bits per heavy atom. The summed E-state index contributed by atoms with van der Waals surface area (Å²) < 4.78 is 1.83. The Balaban J connectivity index is 2.09. The molecule has 1 heterocycles. The van der Waals surface area contributed by atoms with E-state index in [4.69, 9.17) is 17.3 Å². The number of unbranched alkanes of at least 4 members (excludes halogenated alkanes) is 7. The summed E-state index contributed by atoms with van der Waals surface area (Å²) >= 11 is 6.00. The van der Waals surface area contributed by atoms with E-state index in [2.05, 4.69) is 12.0 Å². The van der Waals surface area contributed by atoms with Crippen molar-refractivity contribution >= 4 is 17.4 Å².